The van der Waals surface area contributed by atoms with E-state index in [1.165, 1.54) is 0 Å². The Bertz CT molecular complexity index is 921. The highest BCUT2D eigenvalue weighted by atomic mass is 35.5. The van der Waals surface area contributed by atoms with Crippen LogP contribution in [0.25, 0.3) is 0 Å². The molecular weight excluding hydrogens is 350 g/mol. The molecule has 1 amide bonds. The molecule has 2 aromatic carbocycles. The Balaban J connectivity index is 1.62. The number of hydrogen-bond donors (Lipinski definition) is 1. The second-order valence-corrected chi connectivity index (χ2v) is 6.48. The number of aromatic nitrogens is 2. The van der Waals surface area contributed by atoms with Crippen LogP contribution in [-0.2, 0) is 11.3 Å². The van der Waals surface area contributed by atoms with Gasteiger partial charge in [0.15, 0.2) is 6.61 Å². The SMILES string of the molecule is Cc1ccc(OCC(=O)Nc2ccnn2Cc2ccccc2Cl)c(C)c1. The molecule has 1 aromatic heterocycles. The predicted molar refractivity (Wildman–Crippen MR) is 103 cm³/mol. The van der Waals surface area contributed by atoms with E-state index in [9.17, 15) is 4.79 Å². The maximum absolute atomic E-state index is 12.2. The molecule has 1 heterocycles. The van der Waals surface area contributed by atoms with Gasteiger partial charge in [-0.05, 0) is 37.1 Å². The number of aryl methyl sites for hydroxylation is 2. The molecule has 134 valence electrons. The van der Waals surface area contributed by atoms with Gasteiger partial charge < -0.3 is 10.1 Å². The Morgan fingerprint density at radius 1 is 1.19 bits per heavy atom. The minimum atomic E-state index is -0.245. The first kappa shape index (κ1) is 18.0. The number of nitrogens with zero attached hydrogens (tertiary/aromatic N) is 2. The fourth-order valence-electron chi connectivity index (χ4n) is 2.64. The van der Waals surface area contributed by atoms with Crippen LogP contribution >= 0.6 is 11.6 Å². The summed E-state index contributed by atoms with van der Waals surface area (Å²) in [5.74, 6) is 1.06. The van der Waals surface area contributed by atoms with Gasteiger partial charge in [-0.3, -0.25) is 4.79 Å². The number of halogens is 1. The highest BCUT2D eigenvalue weighted by molar-refractivity contribution is 6.31. The highest BCUT2D eigenvalue weighted by Gasteiger charge is 2.10. The van der Waals surface area contributed by atoms with Crippen molar-refractivity contribution in [2.24, 2.45) is 0 Å². The first-order valence-corrected chi connectivity index (χ1v) is 8.66. The molecule has 0 aliphatic heterocycles. The molecule has 0 atom stereocenters. The van der Waals surface area contributed by atoms with E-state index in [0.717, 1.165) is 16.7 Å². The molecule has 0 saturated carbocycles. The quantitative estimate of drug-likeness (QED) is 0.707. The molecule has 0 aliphatic rings. The Morgan fingerprint density at radius 2 is 2.00 bits per heavy atom. The van der Waals surface area contributed by atoms with Crippen LogP contribution in [0.2, 0.25) is 5.02 Å². The lowest BCUT2D eigenvalue weighted by atomic mass is 10.1. The number of hydrogen-bond acceptors (Lipinski definition) is 3. The monoisotopic (exact) mass is 369 g/mol. The highest BCUT2D eigenvalue weighted by Crippen LogP contribution is 2.20. The van der Waals surface area contributed by atoms with Crippen LogP contribution in [0.15, 0.2) is 54.7 Å². The molecule has 3 rings (SSSR count). The van der Waals surface area contributed by atoms with E-state index in [1.807, 2.05) is 56.3 Å². The van der Waals surface area contributed by atoms with E-state index in [2.05, 4.69) is 10.4 Å². The van der Waals surface area contributed by atoms with Crippen molar-refractivity contribution in [2.45, 2.75) is 20.4 Å². The van der Waals surface area contributed by atoms with E-state index >= 15 is 0 Å². The number of anilines is 1. The zero-order valence-electron chi connectivity index (χ0n) is 14.7. The van der Waals surface area contributed by atoms with Crippen molar-refractivity contribution in [1.82, 2.24) is 9.78 Å². The Morgan fingerprint density at radius 3 is 2.77 bits per heavy atom. The topological polar surface area (TPSA) is 56.1 Å². The van der Waals surface area contributed by atoms with Crippen LogP contribution in [0, 0.1) is 13.8 Å². The van der Waals surface area contributed by atoms with Gasteiger partial charge in [0, 0.05) is 11.1 Å². The summed E-state index contributed by atoms with van der Waals surface area (Å²) in [5, 5.41) is 7.74. The third-order valence-electron chi connectivity index (χ3n) is 3.95. The van der Waals surface area contributed by atoms with Crippen molar-refractivity contribution < 1.29 is 9.53 Å². The zero-order chi connectivity index (χ0) is 18.5. The molecule has 26 heavy (non-hydrogen) atoms. The van der Waals surface area contributed by atoms with Gasteiger partial charge in [0.2, 0.25) is 0 Å². The molecule has 0 saturated heterocycles. The summed E-state index contributed by atoms with van der Waals surface area (Å²) in [7, 11) is 0. The number of rotatable bonds is 6. The fraction of sp³-hybridized carbons (Fsp3) is 0.200. The van der Waals surface area contributed by atoms with Gasteiger partial charge in [-0.25, -0.2) is 4.68 Å². The van der Waals surface area contributed by atoms with E-state index in [0.29, 0.717) is 23.1 Å². The molecule has 0 unspecified atom stereocenters. The normalized spacial score (nSPS) is 10.6. The summed E-state index contributed by atoms with van der Waals surface area (Å²) in [4.78, 5) is 12.2. The van der Waals surface area contributed by atoms with Crippen LogP contribution in [0.5, 0.6) is 5.75 Å². The van der Waals surface area contributed by atoms with Crippen molar-refractivity contribution in [3.05, 3.63) is 76.4 Å². The van der Waals surface area contributed by atoms with Crippen LogP contribution in [0.4, 0.5) is 5.82 Å². The summed E-state index contributed by atoms with van der Waals surface area (Å²) in [6, 6.07) is 15.1. The van der Waals surface area contributed by atoms with Crippen LogP contribution < -0.4 is 10.1 Å². The molecule has 0 spiro atoms. The molecular formula is C20H20ClN3O2. The third kappa shape index (κ3) is 4.43. The second-order valence-electron chi connectivity index (χ2n) is 6.07. The van der Waals surface area contributed by atoms with Crippen molar-refractivity contribution in [3.63, 3.8) is 0 Å². The Hall–Kier alpha value is -2.79. The van der Waals surface area contributed by atoms with E-state index < -0.39 is 0 Å². The van der Waals surface area contributed by atoms with Crippen LogP contribution in [0.3, 0.4) is 0 Å². The van der Waals surface area contributed by atoms with Gasteiger partial charge in [-0.1, -0.05) is 47.5 Å². The summed E-state index contributed by atoms with van der Waals surface area (Å²) >= 11 is 6.19. The number of amides is 1. The summed E-state index contributed by atoms with van der Waals surface area (Å²) in [6.45, 7) is 4.38. The van der Waals surface area contributed by atoms with Crippen LogP contribution in [0.1, 0.15) is 16.7 Å². The number of carbonyl (C=O) groups is 1. The first-order valence-electron chi connectivity index (χ1n) is 8.28. The number of benzene rings is 2. The van der Waals surface area contributed by atoms with Gasteiger partial charge in [-0.15, -0.1) is 0 Å². The summed E-state index contributed by atoms with van der Waals surface area (Å²) in [6.07, 6.45) is 1.64. The largest absolute Gasteiger partial charge is 0.483 e. The molecule has 0 bridgehead atoms. The summed E-state index contributed by atoms with van der Waals surface area (Å²) < 4.78 is 7.31. The molecule has 0 aliphatic carbocycles. The Labute approximate surface area is 157 Å². The van der Waals surface area contributed by atoms with Gasteiger partial charge >= 0.3 is 0 Å². The summed E-state index contributed by atoms with van der Waals surface area (Å²) in [5.41, 5.74) is 3.09. The minimum Gasteiger partial charge on any atom is -0.483 e. The second kappa shape index (κ2) is 8.06. The van der Waals surface area contributed by atoms with E-state index in [-0.39, 0.29) is 12.5 Å². The van der Waals surface area contributed by atoms with Crippen molar-refractivity contribution in [2.75, 3.05) is 11.9 Å². The average molecular weight is 370 g/mol. The van der Waals surface area contributed by atoms with Crippen molar-refractivity contribution >= 4 is 23.3 Å². The van der Waals surface area contributed by atoms with Crippen LogP contribution in [-0.4, -0.2) is 22.3 Å². The fourth-order valence-corrected chi connectivity index (χ4v) is 2.83. The lowest BCUT2D eigenvalue weighted by Crippen LogP contribution is -2.22. The number of ether oxygens (including phenoxy) is 1. The molecule has 1 N–H and O–H groups in total. The van der Waals surface area contributed by atoms with Crippen molar-refractivity contribution in [1.29, 1.82) is 0 Å². The maximum Gasteiger partial charge on any atom is 0.263 e. The van der Waals surface area contributed by atoms with Gasteiger partial charge in [-0.2, -0.15) is 5.10 Å². The smallest absolute Gasteiger partial charge is 0.263 e. The zero-order valence-corrected chi connectivity index (χ0v) is 15.5. The third-order valence-corrected chi connectivity index (χ3v) is 4.32. The lowest BCUT2D eigenvalue weighted by molar-refractivity contribution is -0.118. The van der Waals surface area contributed by atoms with Gasteiger partial charge in [0.25, 0.3) is 5.91 Å². The average Bonchev–Trinajstić information content (AvgIpc) is 3.03. The van der Waals surface area contributed by atoms with Gasteiger partial charge in [0.1, 0.15) is 11.6 Å². The standard InChI is InChI=1S/C20H20ClN3O2/c1-14-7-8-18(15(2)11-14)26-13-20(25)23-19-9-10-22-24(19)12-16-5-3-4-6-17(16)21/h3-11H,12-13H2,1-2H3,(H,23,25). The predicted octanol–water partition coefficient (Wildman–Crippen LogP) is 4.22. The molecule has 0 radical (unpaired) electrons. The first-order chi connectivity index (χ1) is 12.5. The number of carbonyl (C=O) groups excluding carboxylic acids is 1. The Kier molecular flexibility index (Phi) is 5.58. The maximum atomic E-state index is 12.2. The van der Waals surface area contributed by atoms with E-state index in [1.54, 1.807) is 16.9 Å². The molecule has 5 nitrogen and oxygen atoms in total. The lowest BCUT2D eigenvalue weighted by Gasteiger charge is -2.12. The molecule has 3 aromatic rings. The van der Waals surface area contributed by atoms with Crippen molar-refractivity contribution in [3.8, 4) is 5.75 Å². The number of nitrogens with one attached hydrogen (secondary N) is 1. The molecule has 0 fully saturated rings. The van der Waals surface area contributed by atoms with Gasteiger partial charge in [0.05, 0.1) is 12.7 Å². The van der Waals surface area contributed by atoms with E-state index in [4.69, 9.17) is 16.3 Å². The minimum absolute atomic E-state index is 0.0683. The molecule has 6 heteroatoms.